The fourth-order valence-corrected chi connectivity index (χ4v) is 4.15. The lowest BCUT2D eigenvalue weighted by atomic mass is 9.90. The van der Waals surface area contributed by atoms with Gasteiger partial charge in [-0.05, 0) is 52.5 Å². The number of hydrogen-bond donors (Lipinski definition) is 1. The van der Waals surface area contributed by atoms with Gasteiger partial charge in [0.1, 0.15) is 11.6 Å². The van der Waals surface area contributed by atoms with Crippen LogP contribution in [0.25, 0.3) is 0 Å². The molecule has 0 spiro atoms. The predicted molar refractivity (Wildman–Crippen MR) is 84.7 cm³/mol. The predicted octanol–water partition coefficient (Wildman–Crippen LogP) is 3.13. The maximum absolute atomic E-state index is 4.95. The topological polar surface area (TPSA) is 41.1 Å². The van der Waals surface area contributed by atoms with E-state index >= 15 is 0 Å². The van der Waals surface area contributed by atoms with Gasteiger partial charge in [0.25, 0.3) is 0 Å². The van der Waals surface area contributed by atoms with Crippen molar-refractivity contribution in [2.75, 3.05) is 18.9 Å². The van der Waals surface area contributed by atoms with Crippen molar-refractivity contribution in [3.8, 4) is 0 Å². The third kappa shape index (κ3) is 2.54. The Balaban J connectivity index is 1.61. The lowest BCUT2D eigenvalue weighted by molar-refractivity contribution is 0.159. The van der Waals surface area contributed by atoms with E-state index in [0.29, 0.717) is 11.8 Å². The molecule has 114 valence electrons. The first kappa shape index (κ1) is 13.5. The molecule has 3 heterocycles. The smallest absolute Gasteiger partial charge is 0.134 e. The van der Waals surface area contributed by atoms with Gasteiger partial charge in [-0.1, -0.05) is 0 Å². The highest BCUT2D eigenvalue weighted by Gasteiger charge is 2.40. The standard InChI is InChI=1S/C17H26N4/c1-3-18-16-10-15(11-4-5-11)19-17(20-16)12-8-13-6-7-14(9-12)21(13)2/h10-14H,3-9H2,1-2H3,(H,18,19,20). The van der Waals surface area contributed by atoms with Gasteiger partial charge in [-0.15, -0.1) is 0 Å². The van der Waals surface area contributed by atoms with Gasteiger partial charge in [0, 0.05) is 42.2 Å². The minimum atomic E-state index is 0.565. The summed E-state index contributed by atoms with van der Waals surface area (Å²) >= 11 is 0. The van der Waals surface area contributed by atoms with Gasteiger partial charge in [-0.2, -0.15) is 0 Å². The first-order chi connectivity index (χ1) is 10.2. The number of nitrogens with one attached hydrogen (secondary N) is 1. The number of rotatable bonds is 4. The van der Waals surface area contributed by atoms with Gasteiger partial charge < -0.3 is 10.2 Å². The summed E-state index contributed by atoms with van der Waals surface area (Å²) < 4.78 is 0. The second-order valence-corrected chi connectivity index (χ2v) is 7.06. The Bertz CT molecular complexity index is 512. The largest absolute Gasteiger partial charge is 0.370 e. The van der Waals surface area contributed by atoms with Crippen molar-refractivity contribution in [3.05, 3.63) is 17.6 Å². The monoisotopic (exact) mass is 286 g/mol. The SMILES string of the molecule is CCNc1cc(C2CC2)nc(C2CC3CCC(C2)N3C)n1. The number of hydrogen-bond acceptors (Lipinski definition) is 4. The summed E-state index contributed by atoms with van der Waals surface area (Å²) in [6, 6.07) is 3.68. The van der Waals surface area contributed by atoms with E-state index in [1.165, 1.54) is 44.2 Å². The molecule has 2 atom stereocenters. The van der Waals surface area contributed by atoms with Crippen molar-refractivity contribution in [2.45, 2.75) is 69.4 Å². The number of nitrogens with zero attached hydrogens (tertiary/aromatic N) is 3. The van der Waals surface area contributed by atoms with Crippen LogP contribution in [0.2, 0.25) is 0 Å². The van der Waals surface area contributed by atoms with Crippen LogP contribution in [0.3, 0.4) is 0 Å². The minimum absolute atomic E-state index is 0.565. The summed E-state index contributed by atoms with van der Waals surface area (Å²) in [6.45, 7) is 3.06. The molecule has 0 aromatic carbocycles. The molecule has 1 aliphatic carbocycles. The second kappa shape index (κ2) is 5.24. The van der Waals surface area contributed by atoms with Crippen LogP contribution < -0.4 is 5.32 Å². The van der Waals surface area contributed by atoms with Crippen molar-refractivity contribution in [1.29, 1.82) is 0 Å². The van der Waals surface area contributed by atoms with Crippen LogP contribution in [-0.4, -0.2) is 40.5 Å². The van der Waals surface area contributed by atoms with E-state index in [0.717, 1.165) is 30.3 Å². The van der Waals surface area contributed by atoms with E-state index in [2.05, 4.69) is 30.3 Å². The highest BCUT2D eigenvalue weighted by Crippen LogP contribution is 2.43. The molecule has 2 saturated heterocycles. The molecule has 2 aliphatic heterocycles. The lowest BCUT2D eigenvalue weighted by Gasteiger charge is -2.35. The summed E-state index contributed by atoms with van der Waals surface area (Å²) in [4.78, 5) is 12.4. The van der Waals surface area contributed by atoms with Crippen molar-refractivity contribution >= 4 is 5.82 Å². The van der Waals surface area contributed by atoms with Crippen molar-refractivity contribution < 1.29 is 0 Å². The molecule has 4 heteroatoms. The van der Waals surface area contributed by atoms with Crippen molar-refractivity contribution in [2.24, 2.45) is 0 Å². The maximum atomic E-state index is 4.95. The van der Waals surface area contributed by atoms with Gasteiger partial charge in [0.05, 0.1) is 0 Å². The fourth-order valence-electron chi connectivity index (χ4n) is 4.15. The fraction of sp³-hybridized carbons (Fsp3) is 0.765. The molecule has 0 amide bonds. The van der Waals surface area contributed by atoms with Crippen LogP contribution >= 0.6 is 0 Å². The molecule has 1 N–H and O–H groups in total. The highest BCUT2D eigenvalue weighted by molar-refractivity contribution is 5.38. The van der Waals surface area contributed by atoms with Gasteiger partial charge in [0.15, 0.2) is 0 Å². The summed E-state index contributed by atoms with van der Waals surface area (Å²) in [5, 5.41) is 3.40. The van der Waals surface area contributed by atoms with E-state index in [1.807, 2.05) is 0 Å². The molecule has 1 saturated carbocycles. The first-order valence-electron chi connectivity index (χ1n) is 8.59. The molecule has 2 unspecified atom stereocenters. The summed E-state index contributed by atoms with van der Waals surface area (Å²) in [5.74, 6) is 3.41. The van der Waals surface area contributed by atoms with E-state index < -0.39 is 0 Å². The molecule has 1 aromatic heterocycles. The number of fused-ring (bicyclic) bond motifs is 2. The van der Waals surface area contributed by atoms with Crippen LogP contribution in [0.1, 0.15) is 68.8 Å². The molecular weight excluding hydrogens is 260 g/mol. The number of aromatic nitrogens is 2. The second-order valence-electron chi connectivity index (χ2n) is 7.06. The highest BCUT2D eigenvalue weighted by atomic mass is 15.2. The molecule has 3 aliphatic rings. The lowest BCUT2D eigenvalue weighted by Crippen LogP contribution is -2.39. The van der Waals surface area contributed by atoms with Crippen LogP contribution in [-0.2, 0) is 0 Å². The average molecular weight is 286 g/mol. The van der Waals surface area contributed by atoms with Gasteiger partial charge >= 0.3 is 0 Å². The van der Waals surface area contributed by atoms with E-state index in [1.54, 1.807) is 0 Å². The van der Waals surface area contributed by atoms with Gasteiger partial charge in [-0.25, -0.2) is 9.97 Å². The zero-order chi connectivity index (χ0) is 14.4. The van der Waals surface area contributed by atoms with Gasteiger partial charge in [-0.3, -0.25) is 0 Å². The van der Waals surface area contributed by atoms with Crippen LogP contribution in [0.4, 0.5) is 5.82 Å². The number of anilines is 1. The maximum Gasteiger partial charge on any atom is 0.134 e. The van der Waals surface area contributed by atoms with Crippen LogP contribution in [0.15, 0.2) is 6.07 Å². The minimum Gasteiger partial charge on any atom is -0.370 e. The molecule has 0 radical (unpaired) electrons. The molecule has 4 rings (SSSR count). The molecule has 3 fully saturated rings. The normalized spacial score (nSPS) is 32.4. The van der Waals surface area contributed by atoms with E-state index in [4.69, 9.17) is 9.97 Å². The molecule has 21 heavy (non-hydrogen) atoms. The Morgan fingerprint density at radius 3 is 2.43 bits per heavy atom. The molecule has 1 aromatic rings. The Morgan fingerprint density at radius 1 is 1.10 bits per heavy atom. The summed E-state index contributed by atoms with van der Waals surface area (Å²) in [7, 11) is 2.30. The zero-order valence-electron chi connectivity index (χ0n) is 13.2. The van der Waals surface area contributed by atoms with E-state index in [9.17, 15) is 0 Å². The third-order valence-corrected chi connectivity index (χ3v) is 5.58. The summed E-state index contributed by atoms with van der Waals surface area (Å²) in [5.41, 5.74) is 1.28. The molecule has 2 bridgehead atoms. The summed E-state index contributed by atoms with van der Waals surface area (Å²) in [6.07, 6.45) is 7.82. The van der Waals surface area contributed by atoms with Crippen molar-refractivity contribution in [1.82, 2.24) is 14.9 Å². The van der Waals surface area contributed by atoms with Gasteiger partial charge in [0.2, 0.25) is 0 Å². The molecular formula is C17H26N4. The van der Waals surface area contributed by atoms with Crippen molar-refractivity contribution in [3.63, 3.8) is 0 Å². The van der Waals surface area contributed by atoms with Crippen LogP contribution in [0, 0.1) is 0 Å². The quantitative estimate of drug-likeness (QED) is 0.923. The first-order valence-corrected chi connectivity index (χ1v) is 8.59. The third-order valence-electron chi connectivity index (χ3n) is 5.58. The Hall–Kier alpha value is -1.16. The zero-order valence-corrected chi connectivity index (χ0v) is 13.2. The van der Waals surface area contributed by atoms with Crippen LogP contribution in [0.5, 0.6) is 0 Å². The Labute approximate surface area is 127 Å². The average Bonchev–Trinajstić information content (AvgIpc) is 3.30. The van der Waals surface area contributed by atoms with E-state index in [-0.39, 0.29) is 0 Å². The molecule has 4 nitrogen and oxygen atoms in total. The Morgan fingerprint density at radius 2 is 1.81 bits per heavy atom. The Kier molecular flexibility index (Phi) is 3.37. The number of piperidine rings is 1.